The van der Waals surface area contributed by atoms with Gasteiger partial charge in [0.2, 0.25) is 0 Å². The zero-order chi connectivity index (χ0) is 15.9. The van der Waals surface area contributed by atoms with Crippen molar-refractivity contribution in [2.24, 2.45) is 0 Å². The lowest BCUT2D eigenvalue weighted by atomic mass is 10.1. The Morgan fingerprint density at radius 3 is 2.14 bits per heavy atom. The lowest BCUT2D eigenvalue weighted by Gasteiger charge is -2.06. The van der Waals surface area contributed by atoms with E-state index < -0.39 is 33.1 Å². The fraction of sp³-hybridized carbons (Fsp3) is 0.429. The first-order valence-electron chi connectivity index (χ1n) is 6.50. The lowest BCUT2D eigenvalue weighted by Crippen LogP contribution is -2.25. The van der Waals surface area contributed by atoms with E-state index in [2.05, 4.69) is 4.74 Å². The molecule has 0 unspecified atom stereocenters. The van der Waals surface area contributed by atoms with E-state index in [-0.39, 0.29) is 12.2 Å². The summed E-state index contributed by atoms with van der Waals surface area (Å²) in [6.45, 7) is 4.01. The van der Waals surface area contributed by atoms with Crippen molar-refractivity contribution in [1.82, 2.24) is 0 Å². The van der Waals surface area contributed by atoms with Gasteiger partial charge in [0.05, 0.1) is 13.2 Å². The van der Waals surface area contributed by atoms with Crippen LogP contribution in [0.1, 0.15) is 24.2 Å². The van der Waals surface area contributed by atoms with Gasteiger partial charge in [0.25, 0.3) is 0 Å². The molecule has 0 radical (unpaired) electrons. The van der Waals surface area contributed by atoms with E-state index in [1.807, 2.05) is 6.92 Å². The molecule has 7 heteroatoms. The molecule has 0 spiro atoms. The first kappa shape index (κ1) is 17.2. The molecule has 0 bridgehead atoms. The van der Waals surface area contributed by atoms with Crippen molar-refractivity contribution in [1.29, 1.82) is 0 Å². The van der Waals surface area contributed by atoms with Crippen LogP contribution < -0.4 is 4.74 Å². The van der Waals surface area contributed by atoms with E-state index in [1.54, 1.807) is 19.1 Å². The molecule has 1 rings (SSSR count). The first-order chi connectivity index (χ1) is 9.88. The SMILES string of the molecule is CCOC(=O)CS(=O)(=O)CC(=O)c1ccc(OCC)cc1. The smallest absolute Gasteiger partial charge is 0.321 e. The van der Waals surface area contributed by atoms with Gasteiger partial charge in [0.15, 0.2) is 15.6 Å². The van der Waals surface area contributed by atoms with E-state index in [1.165, 1.54) is 12.1 Å². The number of benzene rings is 1. The molecule has 21 heavy (non-hydrogen) atoms. The summed E-state index contributed by atoms with van der Waals surface area (Å²) in [6.07, 6.45) is 0. The van der Waals surface area contributed by atoms with Crippen LogP contribution in [0.4, 0.5) is 0 Å². The van der Waals surface area contributed by atoms with Gasteiger partial charge in [-0.1, -0.05) is 0 Å². The fourth-order valence-electron chi connectivity index (χ4n) is 1.62. The Balaban J connectivity index is 2.69. The van der Waals surface area contributed by atoms with Crippen LogP contribution in [0.3, 0.4) is 0 Å². The van der Waals surface area contributed by atoms with E-state index in [0.29, 0.717) is 12.4 Å². The highest BCUT2D eigenvalue weighted by molar-refractivity contribution is 7.92. The van der Waals surface area contributed by atoms with Crippen LogP contribution in [0.2, 0.25) is 0 Å². The van der Waals surface area contributed by atoms with Crippen LogP contribution in [0.25, 0.3) is 0 Å². The van der Waals surface area contributed by atoms with E-state index >= 15 is 0 Å². The molecule has 0 aliphatic rings. The largest absolute Gasteiger partial charge is 0.494 e. The van der Waals surface area contributed by atoms with Crippen LogP contribution in [0.5, 0.6) is 5.75 Å². The molecule has 0 amide bonds. The molecule has 1 aromatic carbocycles. The number of hydrogen-bond acceptors (Lipinski definition) is 6. The van der Waals surface area contributed by atoms with Crippen LogP contribution in [0, 0.1) is 0 Å². The number of ketones is 1. The molecule has 0 heterocycles. The van der Waals surface area contributed by atoms with Gasteiger partial charge in [-0.25, -0.2) is 8.42 Å². The number of esters is 1. The predicted octanol–water partition coefficient (Wildman–Crippen LogP) is 1.25. The highest BCUT2D eigenvalue weighted by atomic mass is 32.2. The Labute approximate surface area is 124 Å². The van der Waals surface area contributed by atoms with Crippen molar-refractivity contribution in [3.8, 4) is 5.75 Å². The van der Waals surface area contributed by atoms with E-state index in [4.69, 9.17) is 4.74 Å². The molecule has 116 valence electrons. The molecule has 1 aromatic rings. The second kappa shape index (κ2) is 7.78. The Hall–Kier alpha value is -1.89. The number of carbonyl (C=O) groups excluding carboxylic acids is 2. The molecule has 0 fully saturated rings. The third-order valence-electron chi connectivity index (χ3n) is 2.48. The molecule has 0 N–H and O–H groups in total. The van der Waals surface area contributed by atoms with Gasteiger partial charge in [-0.05, 0) is 38.1 Å². The Bertz CT molecular complexity index is 588. The second-order valence-electron chi connectivity index (χ2n) is 4.22. The Morgan fingerprint density at radius 1 is 1.00 bits per heavy atom. The summed E-state index contributed by atoms with van der Waals surface area (Å²) in [5.74, 6) is -2.33. The molecule has 0 saturated carbocycles. The number of carbonyl (C=O) groups is 2. The minimum atomic E-state index is -3.83. The summed E-state index contributed by atoms with van der Waals surface area (Å²) in [5, 5.41) is 0. The molecule has 0 saturated heterocycles. The Morgan fingerprint density at radius 2 is 1.62 bits per heavy atom. The van der Waals surface area contributed by atoms with Gasteiger partial charge in [-0.3, -0.25) is 9.59 Å². The molecule has 0 atom stereocenters. The average molecular weight is 314 g/mol. The molecule has 6 nitrogen and oxygen atoms in total. The van der Waals surface area contributed by atoms with Crippen LogP contribution in [0.15, 0.2) is 24.3 Å². The Kier molecular flexibility index (Phi) is 6.36. The number of sulfone groups is 1. The number of hydrogen-bond donors (Lipinski definition) is 0. The van der Waals surface area contributed by atoms with Crippen LogP contribution in [-0.4, -0.2) is 44.9 Å². The third-order valence-corrected chi connectivity index (χ3v) is 3.86. The van der Waals surface area contributed by atoms with Crippen LogP contribution in [-0.2, 0) is 19.4 Å². The van der Waals surface area contributed by atoms with Gasteiger partial charge in [-0.2, -0.15) is 0 Å². The quantitative estimate of drug-likeness (QED) is 0.530. The number of Topliss-reactive ketones (excluding diaryl/α,β-unsaturated/α-hetero) is 1. The molecule has 0 aromatic heterocycles. The van der Waals surface area contributed by atoms with Crippen LogP contribution >= 0.6 is 0 Å². The summed E-state index contributed by atoms with van der Waals surface area (Å²) >= 11 is 0. The minimum absolute atomic E-state index is 0.0984. The first-order valence-corrected chi connectivity index (χ1v) is 8.32. The molecule has 0 aliphatic heterocycles. The zero-order valence-corrected chi connectivity index (χ0v) is 12.8. The van der Waals surface area contributed by atoms with Crippen molar-refractivity contribution in [3.63, 3.8) is 0 Å². The summed E-state index contributed by atoms with van der Waals surface area (Å²) in [4.78, 5) is 23.1. The van der Waals surface area contributed by atoms with Crippen molar-refractivity contribution < 1.29 is 27.5 Å². The topological polar surface area (TPSA) is 86.7 Å². The lowest BCUT2D eigenvalue weighted by molar-refractivity contribution is -0.139. The van der Waals surface area contributed by atoms with Crippen molar-refractivity contribution in [2.45, 2.75) is 13.8 Å². The maximum Gasteiger partial charge on any atom is 0.321 e. The standard InChI is InChI=1S/C14H18O6S/c1-3-19-12-7-5-11(6-8-12)13(15)9-21(17,18)10-14(16)20-4-2/h5-8H,3-4,9-10H2,1-2H3. The van der Waals surface area contributed by atoms with Gasteiger partial charge < -0.3 is 9.47 Å². The van der Waals surface area contributed by atoms with Gasteiger partial charge in [-0.15, -0.1) is 0 Å². The zero-order valence-electron chi connectivity index (χ0n) is 12.0. The molecular weight excluding hydrogens is 296 g/mol. The average Bonchev–Trinajstić information content (AvgIpc) is 2.38. The van der Waals surface area contributed by atoms with E-state index in [9.17, 15) is 18.0 Å². The molecular formula is C14H18O6S. The summed E-state index contributed by atoms with van der Waals surface area (Å²) in [5.41, 5.74) is 0.255. The third kappa shape index (κ3) is 5.95. The predicted molar refractivity (Wildman–Crippen MR) is 77.2 cm³/mol. The monoisotopic (exact) mass is 314 g/mol. The minimum Gasteiger partial charge on any atom is -0.494 e. The summed E-state index contributed by atoms with van der Waals surface area (Å²) < 4.78 is 33.2. The molecule has 0 aliphatic carbocycles. The maximum absolute atomic E-state index is 11.9. The van der Waals surface area contributed by atoms with Crippen molar-refractivity contribution in [2.75, 3.05) is 24.7 Å². The van der Waals surface area contributed by atoms with Crippen molar-refractivity contribution >= 4 is 21.6 Å². The van der Waals surface area contributed by atoms with Gasteiger partial charge in [0.1, 0.15) is 17.3 Å². The van der Waals surface area contributed by atoms with Crippen molar-refractivity contribution in [3.05, 3.63) is 29.8 Å². The van der Waals surface area contributed by atoms with Gasteiger partial charge >= 0.3 is 5.97 Å². The number of rotatable bonds is 8. The maximum atomic E-state index is 11.9. The van der Waals surface area contributed by atoms with Gasteiger partial charge in [0, 0.05) is 5.56 Å². The highest BCUT2D eigenvalue weighted by Gasteiger charge is 2.22. The normalized spacial score (nSPS) is 11.0. The fourth-order valence-corrected chi connectivity index (χ4v) is 2.73. The van der Waals surface area contributed by atoms with E-state index in [0.717, 1.165) is 0 Å². The summed E-state index contributed by atoms with van der Waals surface area (Å²) in [6, 6.07) is 6.17. The highest BCUT2D eigenvalue weighted by Crippen LogP contribution is 2.13. The number of ether oxygens (including phenoxy) is 2. The second-order valence-corrected chi connectivity index (χ2v) is 6.28. The summed E-state index contributed by atoms with van der Waals surface area (Å²) in [7, 11) is -3.83.